The van der Waals surface area contributed by atoms with E-state index in [0.717, 1.165) is 5.69 Å². The number of aldehydes is 2. The van der Waals surface area contributed by atoms with Crippen molar-refractivity contribution in [3.05, 3.63) is 29.3 Å². The fourth-order valence-corrected chi connectivity index (χ4v) is 2.44. The molecule has 0 atom stereocenters. The van der Waals surface area contributed by atoms with Crippen LogP contribution in [0.4, 0.5) is 5.69 Å². The number of alkyl halides is 1. The lowest BCUT2D eigenvalue weighted by Crippen LogP contribution is -2.49. The molecule has 1 heterocycles. The number of benzene rings is 1. The Balaban J connectivity index is 2.09. The van der Waals surface area contributed by atoms with Crippen molar-refractivity contribution in [1.29, 1.82) is 0 Å². The number of amides is 1. The first-order valence-corrected chi connectivity index (χ1v) is 6.86. The summed E-state index contributed by atoms with van der Waals surface area (Å²) in [6.45, 7) is 2.58. The van der Waals surface area contributed by atoms with E-state index in [1.54, 1.807) is 17.0 Å². The quantitative estimate of drug-likeness (QED) is 0.618. The van der Waals surface area contributed by atoms with E-state index in [9.17, 15) is 14.4 Å². The Bertz CT molecular complexity index is 525. The van der Waals surface area contributed by atoms with E-state index in [1.165, 1.54) is 0 Å². The van der Waals surface area contributed by atoms with Crippen LogP contribution in [0.5, 0.6) is 0 Å². The minimum absolute atomic E-state index is 0.00330. The van der Waals surface area contributed by atoms with Crippen molar-refractivity contribution in [2.45, 2.75) is 0 Å². The van der Waals surface area contributed by atoms with Crippen LogP contribution in [0.25, 0.3) is 0 Å². The van der Waals surface area contributed by atoms with Crippen molar-refractivity contribution in [3.63, 3.8) is 0 Å². The second kappa shape index (κ2) is 6.52. The Hall–Kier alpha value is -1.88. The number of anilines is 1. The third-order valence-corrected chi connectivity index (χ3v) is 3.66. The van der Waals surface area contributed by atoms with Gasteiger partial charge in [-0.25, -0.2) is 0 Å². The van der Waals surface area contributed by atoms with Crippen LogP contribution >= 0.6 is 11.6 Å². The molecule has 106 valence electrons. The standard InChI is InChI=1S/C14H15ClN2O3/c15-8-14(20)17-5-3-16(4-6-17)13-2-1-11(9-18)12(7-13)10-19/h1-2,7,9-10H,3-6,8H2. The summed E-state index contributed by atoms with van der Waals surface area (Å²) >= 11 is 5.53. The number of piperazine rings is 1. The van der Waals surface area contributed by atoms with Crippen LogP contribution in [0.3, 0.4) is 0 Å². The van der Waals surface area contributed by atoms with Gasteiger partial charge in [-0.2, -0.15) is 0 Å². The van der Waals surface area contributed by atoms with Gasteiger partial charge in [0.25, 0.3) is 0 Å². The first-order chi connectivity index (χ1) is 9.69. The fourth-order valence-electron chi connectivity index (χ4n) is 2.27. The van der Waals surface area contributed by atoms with Gasteiger partial charge in [0.1, 0.15) is 5.88 Å². The summed E-state index contributed by atoms with van der Waals surface area (Å²) in [7, 11) is 0. The van der Waals surface area contributed by atoms with Crippen molar-refractivity contribution in [3.8, 4) is 0 Å². The van der Waals surface area contributed by atoms with Crippen LogP contribution in [-0.2, 0) is 4.79 Å². The van der Waals surface area contributed by atoms with Gasteiger partial charge in [-0.15, -0.1) is 11.6 Å². The Kier molecular flexibility index (Phi) is 4.74. The normalized spacial score (nSPS) is 15.1. The molecule has 1 aromatic rings. The smallest absolute Gasteiger partial charge is 0.237 e. The highest BCUT2D eigenvalue weighted by Gasteiger charge is 2.20. The molecule has 0 aliphatic carbocycles. The summed E-state index contributed by atoms with van der Waals surface area (Å²) in [6.07, 6.45) is 1.35. The average Bonchev–Trinajstić information content (AvgIpc) is 2.53. The van der Waals surface area contributed by atoms with Gasteiger partial charge in [-0.1, -0.05) is 0 Å². The Labute approximate surface area is 122 Å². The van der Waals surface area contributed by atoms with Gasteiger partial charge < -0.3 is 9.80 Å². The summed E-state index contributed by atoms with van der Waals surface area (Å²) in [5.74, 6) is -0.0558. The third kappa shape index (κ3) is 2.99. The summed E-state index contributed by atoms with van der Waals surface area (Å²) < 4.78 is 0. The lowest BCUT2D eigenvalue weighted by atomic mass is 10.1. The van der Waals surface area contributed by atoms with Crippen LogP contribution in [0.2, 0.25) is 0 Å². The van der Waals surface area contributed by atoms with E-state index in [1.807, 2.05) is 6.07 Å². The second-order valence-electron chi connectivity index (χ2n) is 4.55. The summed E-state index contributed by atoms with van der Waals surface area (Å²) in [5.41, 5.74) is 1.66. The first kappa shape index (κ1) is 14.5. The summed E-state index contributed by atoms with van der Waals surface area (Å²) in [5, 5.41) is 0. The molecule has 1 saturated heterocycles. The molecule has 1 aliphatic rings. The van der Waals surface area contributed by atoms with Crippen molar-refractivity contribution in [2.75, 3.05) is 37.0 Å². The zero-order chi connectivity index (χ0) is 14.5. The van der Waals surface area contributed by atoms with Crippen molar-refractivity contribution >= 4 is 35.8 Å². The van der Waals surface area contributed by atoms with E-state index in [4.69, 9.17) is 11.6 Å². The van der Waals surface area contributed by atoms with E-state index in [2.05, 4.69) is 4.90 Å². The number of rotatable bonds is 4. The van der Waals surface area contributed by atoms with E-state index in [0.29, 0.717) is 49.9 Å². The van der Waals surface area contributed by atoms with Crippen molar-refractivity contribution in [2.24, 2.45) is 0 Å². The van der Waals surface area contributed by atoms with Gasteiger partial charge in [-0.05, 0) is 18.2 Å². The molecule has 0 saturated carbocycles. The minimum atomic E-state index is -0.0591. The zero-order valence-corrected chi connectivity index (χ0v) is 11.7. The lowest BCUT2D eigenvalue weighted by Gasteiger charge is -2.36. The molecule has 1 fully saturated rings. The highest BCUT2D eigenvalue weighted by molar-refractivity contribution is 6.27. The number of carbonyl (C=O) groups is 3. The molecular formula is C14H15ClN2O3. The molecule has 20 heavy (non-hydrogen) atoms. The first-order valence-electron chi connectivity index (χ1n) is 6.32. The predicted octanol–water partition coefficient (Wildman–Crippen LogP) is 1.20. The Morgan fingerprint density at radius 1 is 1.10 bits per heavy atom. The molecule has 1 amide bonds. The van der Waals surface area contributed by atoms with Gasteiger partial charge in [0.2, 0.25) is 5.91 Å². The molecule has 0 aromatic heterocycles. The predicted molar refractivity (Wildman–Crippen MR) is 76.7 cm³/mol. The van der Waals surface area contributed by atoms with E-state index in [-0.39, 0.29) is 11.8 Å². The molecule has 1 aliphatic heterocycles. The molecule has 2 rings (SSSR count). The van der Waals surface area contributed by atoms with E-state index >= 15 is 0 Å². The maximum atomic E-state index is 11.5. The highest BCUT2D eigenvalue weighted by Crippen LogP contribution is 2.19. The van der Waals surface area contributed by atoms with Gasteiger partial charge in [0.15, 0.2) is 12.6 Å². The number of nitrogens with zero attached hydrogens (tertiary/aromatic N) is 2. The zero-order valence-electron chi connectivity index (χ0n) is 10.9. The van der Waals surface area contributed by atoms with Gasteiger partial charge >= 0.3 is 0 Å². The van der Waals surface area contributed by atoms with Crippen molar-refractivity contribution in [1.82, 2.24) is 4.90 Å². The molecule has 0 radical (unpaired) electrons. The largest absolute Gasteiger partial charge is 0.368 e. The maximum Gasteiger partial charge on any atom is 0.237 e. The topological polar surface area (TPSA) is 57.7 Å². The Morgan fingerprint density at radius 2 is 1.75 bits per heavy atom. The van der Waals surface area contributed by atoms with Crippen molar-refractivity contribution < 1.29 is 14.4 Å². The minimum Gasteiger partial charge on any atom is -0.368 e. The summed E-state index contributed by atoms with van der Waals surface area (Å²) in [4.78, 5) is 37.0. The monoisotopic (exact) mass is 294 g/mol. The molecule has 1 aromatic carbocycles. The third-order valence-electron chi connectivity index (χ3n) is 3.44. The maximum absolute atomic E-state index is 11.5. The summed E-state index contributed by atoms with van der Waals surface area (Å²) in [6, 6.07) is 5.16. The molecule has 0 spiro atoms. The molecule has 6 heteroatoms. The van der Waals surface area contributed by atoms with Crippen LogP contribution in [-0.4, -0.2) is 55.4 Å². The highest BCUT2D eigenvalue weighted by atomic mass is 35.5. The van der Waals surface area contributed by atoms with Gasteiger partial charge in [-0.3, -0.25) is 14.4 Å². The van der Waals surface area contributed by atoms with Crippen LogP contribution in [0.15, 0.2) is 18.2 Å². The SMILES string of the molecule is O=Cc1ccc(N2CCN(C(=O)CCl)CC2)cc1C=O. The number of hydrogen-bond acceptors (Lipinski definition) is 4. The molecule has 5 nitrogen and oxygen atoms in total. The fraction of sp³-hybridized carbons (Fsp3) is 0.357. The van der Waals surface area contributed by atoms with Gasteiger partial charge in [0.05, 0.1) is 0 Å². The molecular weight excluding hydrogens is 280 g/mol. The van der Waals surface area contributed by atoms with E-state index < -0.39 is 0 Å². The lowest BCUT2D eigenvalue weighted by molar-refractivity contribution is -0.128. The number of halogens is 1. The van der Waals surface area contributed by atoms with Crippen LogP contribution < -0.4 is 4.90 Å². The molecule has 0 bridgehead atoms. The number of hydrogen-bond donors (Lipinski definition) is 0. The molecule has 0 unspecified atom stereocenters. The number of carbonyl (C=O) groups excluding carboxylic acids is 3. The Morgan fingerprint density at radius 3 is 2.30 bits per heavy atom. The molecule has 0 N–H and O–H groups in total. The van der Waals surface area contributed by atoms with Gasteiger partial charge in [0, 0.05) is 43.0 Å². The van der Waals surface area contributed by atoms with Crippen LogP contribution in [0.1, 0.15) is 20.7 Å². The van der Waals surface area contributed by atoms with Crippen LogP contribution in [0, 0.1) is 0 Å². The average molecular weight is 295 g/mol. The second-order valence-corrected chi connectivity index (χ2v) is 4.82.